The minimum absolute atomic E-state index is 0.295. The highest BCUT2D eigenvalue weighted by atomic mass is 16.1. The average molecular weight is 296 g/mol. The number of rotatable bonds is 3. The van der Waals surface area contributed by atoms with Gasteiger partial charge in [0.05, 0.1) is 11.6 Å². The largest absolute Gasteiger partial charge is 0.366 e. The van der Waals surface area contributed by atoms with Crippen LogP contribution in [0.1, 0.15) is 30.9 Å². The van der Waals surface area contributed by atoms with Crippen molar-refractivity contribution >= 4 is 11.8 Å². The number of hydrogen-bond acceptors (Lipinski definition) is 4. The molecule has 0 unspecified atom stereocenters. The van der Waals surface area contributed by atoms with Crippen molar-refractivity contribution in [2.45, 2.75) is 19.8 Å². The van der Waals surface area contributed by atoms with Gasteiger partial charge in [0.2, 0.25) is 11.8 Å². The quantitative estimate of drug-likeness (QED) is 0.762. The second-order valence-electron chi connectivity index (χ2n) is 5.10. The van der Waals surface area contributed by atoms with E-state index in [-0.39, 0.29) is 0 Å². The number of amides is 2. The monoisotopic (exact) mass is 296 g/mol. The molecule has 22 heavy (non-hydrogen) atoms. The minimum Gasteiger partial charge on any atom is -0.366 e. The van der Waals surface area contributed by atoms with Crippen LogP contribution in [-0.4, -0.2) is 11.8 Å². The highest BCUT2D eigenvalue weighted by Crippen LogP contribution is 2.37. The lowest BCUT2D eigenvalue weighted by molar-refractivity contribution is -0.115. The lowest BCUT2D eigenvalue weighted by atomic mass is 9.79. The van der Waals surface area contributed by atoms with Crippen LogP contribution in [0.25, 0.3) is 0 Å². The van der Waals surface area contributed by atoms with Crippen LogP contribution in [0.15, 0.2) is 46.8 Å². The molecule has 112 valence electrons. The molecule has 0 saturated carbocycles. The van der Waals surface area contributed by atoms with Gasteiger partial charge in [0.25, 0.3) is 0 Å². The Bertz CT molecular complexity index is 715. The average Bonchev–Trinajstić information content (AvgIpc) is 2.45. The zero-order valence-electron chi connectivity index (χ0n) is 12.3. The number of hydrogen-bond donors (Lipinski definition) is 3. The van der Waals surface area contributed by atoms with Crippen molar-refractivity contribution in [2.75, 3.05) is 0 Å². The zero-order chi connectivity index (χ0) is 16.4. The van der Waals surface area contributed by atoms with Gasteiger partial charge in [0, 0.05) is 28.5 Å². The first-order chi connectivity index (χ1) is 10.4. The Labute approximate surface area is 128 Å². The second-order valence-corrected chi connectivity index (χ2v) is 5.10. The Morgan fingerprint density at radius 2 is 1.50 bits per heavy atom. The predicted octanol–water partition coefficient (Wildman–Crippen LogP) is 0.764. The molecule has 6 heteroatoms. The Morgan fingerprint density at radius 1 is 1.05 bits per heavy atom. The predicted molar refractivity (Wildman–Crippen MR) is 80.8 cm³/mol. The topological polar surface area (TPSA) is 122 Å². The van der Waals surface area contributed by atoms with Crippen LogP contribution in [0.3, 0.4) is 0 Å². The fourth-order valence-corrected chi connectivity index (χ4v) is 2.73. The summed E-state index contributed by atoms with van der Waals surface area (Å²) < 4.78 is 0. The van der Waals surface area contributed by atoms with Gasteiger partial charge in [0.15, 0.2) is 0 Å². The maximum atomic E-state index is 11.8. The van der Waals surface area contributed by atoms with Crippen LogP contribution < -0.4 is 16.8 Å². The summed E-state index contributed by atoms with van der Waals surface area (Å²) >= 11 is 0. The number of nitrogens with one attached hydrogen (secondary N) is 1. The number of primary amides is 2. The van der Waals surface area contributed by atoms with Crippen LogP contribution in [0.4, 0.5) is 0 Å². The van der Waals surface area contributed by atoms with E-state index in [0.29, 0.717) is 33.7 Å². The van der Waals surface area contributed by atoms with Crippen molar-refractivity contribution in [1.82, 2.24) is 5.32 Å². The van der Waals surface area contributed by atoms with E-state index in [1.54, 1.807) is 38.1 Å². The Kier molecular flexibility index (Phi) is 4.00. The van der Waals surface area contributed by atoms with Gasteiger partial charge >= 0.3 is 0 Å². The zero-order valence-corrected chi connectivity index (χ0v) is 12.3. The van der Waals surface area contributed by atoms with Gasteiger partial charge in [-0.3, -0.25) is 9.59 Å². The molecule has 2 amide bonds. The number of dihydropyridines is 1. The first kappa shape index (κ1) is 15.3. The molecule has 6 nitrogen and oxygen atoms in total. The second kappa shape index (κ2) is 5.74. The van der Waals surface area contributed by atoms with Crippen molar-refractivity contribution in [1.29, 1.82) is 5.26 Å². The van der Waals surface area contributed by atoms with Gasteiger partial charge in [-0.2, -0.15) is 5.26 Å². The number of carbonyl (C=O) groups excluding carboxylic acids is 2. The molecule has 2 rings (SSSR count). The van der Waals surface area contributed by atoms with E-state index < -0.39 is 17.7 Å². The summed E-state index contributed by atoms with van der Waals surface area (Å²) in [6.45, 7) is 3.44. The molecule has 1 aliphatic heterocycles. The summed E-state index contributed by atoms with van der Waals surface area (Å²) in [5.41, 5.74) is 13.9. The molecule has 1 heterocycles. The number of nitriles is 1. The molecule has 0 spiro atoms. The molecule has 0 radical (unpaired) electrons. The van der Waals surface area contributed by atoms with Gasteiger partial charge in [-0.1, -0.05) is 12.1 Å². The highest BCUT2D eigenvalue weighted by molar-refractivity contribution is 6.02. The fraction of sp³-hybridized carbons (Fsp3) is 0.188. The van der Waals surface area contributed by atoms with E-state index in [9.17, 15) is 9.59 Å². The summed E-state index contributed by atoms with van der Waals surface area (Å²) in [4.78, 5) is 23.7. The molecule has 0 atom stereocenters. The number of nitrogens with zero attached hydrogens (tertiary/aromatic N) is 1. The van der Waals surface area contributed by atoms with Crippen LogP contribution in [0.2, 0.25) is 0 Å². The number of benzene rings is 1. The maximum absolute atomic E-state index is 11.8. The van der Waals surface area contributed by atoms with Crippen LogP contribution in [0, 0.1) is 11.3 Å². The van der Waals surface area contributed by atoms with Crippen molar-refractivity contribution < 1.29 is 9.59 Å². The smallest absolute Gasteiger partial charge is 0.247 e. The van der Waals surface area contributed by atoms with Crippen LogP contribution in [-0.2, 0) is 9.59 Å². The first-order valence-corrected chi connectivity index (χ1v) is 6.65. The maximum Gasteiger partial charge on any atom is 0.247 e. The summed E-state index contributed by atoms with van der Waals surface area (Å²) in [5, 5.41) is 11.8. The fourth-order valence-electron chi connectivity index (χ4n) is 2.73. The van der Waals surface area contributed by atoms with Gasteiger partial charge in [0.1, 0.15) is 0 Å². The first-order valence-electron chi connectivity index (χ1n) is 6.65. The Balaban J connectivity index is 2.66. The minimum atomic E-state index is -0.635. The van der Waals surface area contributed by atoms with Crippen molar-refractivity contribution in [3.05, 3.63) is 57.9 Å². The van der Waals surface area contributed by atoms with Crippen LogP contribution in [0.5, 0.6) is 0 Å². The lowest BCUT2D eigenvalue weighted by Crippen LogP contribution is -2.35. The van der Waals surface area contributed by atoms with Gasteiger partial charge in [-0.15, -0.1) is 0 Å². The third-order valence-corrected chi connectivity index (χ3v) is 3.66. The van der Waals surface area contributed by atoms with E-state index in [0.717, 1.165) is 0 Å². The van der Waals surface area contributed by atoms with Gasteiger partial charge in [-0.05, 0) is 31.5 Å². The summed E-state index contributed by atoms with van der Waals surface area (Å²) in [6.07, 6.45) is 0. The summed E-state index contributed by atoms with van der Waals surface area (Å²) in [5.74, 6) is -1.87. The molecule has 0 fully saturated rings. The summed E-state index contributed by atoms with van der Waals surface area (Å²) in [7, 11) is 0. The molecule has 1 aromatic carbocycles. The van der Waals surface area contributed by atoms with E-state index >= 15 is 0 Å². The standard InChI is InChI=1S/C16H16N4O2/c1-8-12(15(18)21)14(13(16(19)22)9(2)20-8)11-5-3-10(7-17)4-6-11/h3-6,14,20H,1-2H3,(H2,18,21)(H2,19,22). The SMILES string of the molecule is CC1=C(C(N)=O)C(c2ccc(C#N)cc2)C(C(N)=O)=C(C)N1. The normalized spacial score (nSPS) is 15.3. The Hall–Kier alpha value is -3.07. The molecule has 1 aromatic rings. The number of nitrogens with two attached hydrogens (primary N) is 2. The third-order valence-electron chi connectivity index (χ3n) is 3.66. The van der Waals surface area contributed by atoms with E-state index in [4.69, 9.17) is 16.7 Å². The van der Waals surface area contributed by atoms with E-state index in [1.165, 1.54) is 0 Å². The van der Waals surface area contributed by atoms with Crippen molar-refractivity contribution in [3.8, 4) is 6.07 Å². The van der Waals surface area contributed by atoms with Crippen LogP contribution >= 0.6 is 0 Å². The van der Waals surface area contributed by atoms with Gasteiger partial charge in [-0.25, -0.2) is 0 Å². The Morgan fingerprint density at radius 3 is 1.86 bits per heavy atom. The molecule has 5 N–H and O–H groups in total. The van der Waals surface area contributed by atoms with Crippen molar-refractivity contribution in [3.63, 3.8) is 0 Å². The lowest BCUT2D eigenvalue weighted by Gasteiger charge is -2.29. The number of allylic oxidation sites excluding steroid dienone is 2. The molecular weight excluding hydrogens is 280 g/mol. The van der Waals surface area contributed by atoms with E-state index in [2.05, 4.69) is 5.32 Å². The molecule has 0 aliphatic carbocycles. The number of carbonyl (C=O) groups is 2. The van der Waals surface area contributed by atoms with Gasteiger partial charge < -0.3 is 16.8 Å². The summed E-state index contributed by atoms with van der Waals surface area (Å²) in [6, 6.07) is 8.66. The highest BCUT2D eigenvalue weighted by Gasteiger charge is 2.34. The van der Waals surface area contributed by atoms with E-state index in [1.807, 2.05) is 6.07 Å². The third kappa shape index (κ3) is 2.56. The molecular formula is C16H16N4O2. The molecule has 0 saturated heterocycles. The molecule has 1 aliphatic rings. The molecule has 0 bridgehead atoms. The molecule has 0 aromatic heterocycles. The van der Waals surface area contributed by atoms with Crippen molar-refractivity contribution in [2.24, 2.45) is 11.5 Å².